The molecule has 0 spiro atoms. The van der Waals surface area contributed by atoms with Crippen molar-refractivity contribution in [1.82, 2.24) is 4.90 Å². The van der Waals surface area contributed by atoms with E-state index >= 15 is 0 Å². The van der Waals surface area contributed by atoms with Gasteiger partial charge in [-0.1, -0.05) is 13.8 Å². The maximum Gasteiger partial charge on any atom is 0.177 e. The highest BCUT2D eigenvalue weighted by molar-refractivity contribution is 7.19. The Kier molecular flexibility index (Phi) is 4.86. The van der Waals surface area contributed by atoms with E-state index in [-0.39, 0.29) is 11.7 Å². The minimum atomic E-state index is -0.117. The lowest BCUT2D eigenvalue weighted by atomic mass is 10.0. The van der Waals surface area contributed by atoms with E-state index in [4.69, 9.17) is 5.73 Å². The molecule has 1 fully saturated rings. The number of hydrogen-bond donors (Lipinski definition) is 2. The summed E-state index contributed by atoms with van der Waals surface area (Å²) in [5, 5.41) is 13.5. The molecule has 1 aliphatic rings. The van der Waals surface area contributed by atoms with Crippen molar-refractivity contribution in [2.45, 2.75) is 32.7 Å². The first-order chi connectivity index (χ1) is 9.93. The second-order valence-corrected chi connectivity index (χ2v) is 6.92. The normalized spacial score (nSPS) is 16.9. The van der Waals surface area contributed by atoms with Crippen molar-refractivity contribution >= 4 is 27.8 Å². The van der Waals surface area contributed by atoms with Gasteiger partial charge in [-0.05, 0) is 33.0 Å². The first kappa shape index (κ1) is 15.8. The van der Waals surface area contributed by atoms with Crippen LogP contribution >= 0.6 is 11.3 Å². The van der Waals surface area contributed by atoms with Crippen LogP contribution in [0.3, 0.4) is 0 Å². The molecule has 0 amide bonds. The molecular formula is C15H22N4OS. The monoisotopic (exact) mass is 306 g/mol. The van der Waals surface area contributed by atoms with Gasteiger partial charge in [-0.15, -0.1) is 11.3 Å². The number of rotatable bonds is 4. The van der Waals surface area contributed by atoms with E-state index < -0.39 is 0 Å². The van der Waals surface area contributed by atoms with Gasteiger partial charge in [-0.2, -0.15) is 5.26 Å². The highest BCUT2D eigenvalue weighted by atomic mass is 32.1. The molecule has 0 radical (unpaired) electrons. The molecule has 2 rings (SSSR count). The number of nitrogens with two attached hydrogens (primary N) is 1. The number of nitrogen functional groups attached to an aromatic ring is 1. The summed E-state index contributed by atoms with van der Waals surface area (Å²) in [5.74, 6) is -0.112. The zero-order valence-electron chi connectivity index (χ0n) is 12.8. The fourth-order valence-electron chi connectivity index (χ4n) is 2.44. The number of likely N-dealkylation sites (tertiary alicyclic amines) is 1. The molecule has 1 aliphatic heterocycles. The molecule has 2 heterocycles. The third-order valence-corrected chi connectivity index (χ3v) is 5.01. The van der Waals surface area contributed by atoms with Crippen molar-refractivity contribution in [3.05, 3.63) is 10.4 Å². The Morgan fingerprint density at radius 2 is 2.10 bits per heavy atom. The lowest BCUT2D eigenvalue weighted by Gasteiger charge is -2.29. The zero-order chi connectivity index (χ0) is 15.6. The lowest BCUT2D eigenvalue weighted by Crippen LogP contribution is -2.36. The maximum absolute atomic E-state index is 12.2. The first-order valence-corrected chi connectivity index (χ1v) is 8.07. The van der Waals surface area contributed by atoms with Crippen molar-refractivity contribution in [3.63, 3.8) is 0 Å². The molecule has 6 heteroatoms. The third kappa shape index (κ3) is 3.36. The molecule has 3 N–H and O–H groups in total. The van der Waals surface area contributed by atoms with E-state index in [1.807, 2.05) is 13.8 Å². The summed E-state index contributed by atoms with van der Waals surface area (Å²) in [7, 11) is 2.11. The molecular weight excluding hydrogens is 284 g/mol. The smallest absolute Gasteiger partial charge is 0.177 e. The first-order valence-electron chi connectivity index (χ1n) is 7.25. The minimum absolute atomic E-state index is 0.00503. The number of Topliss-reactive ketones (excluding diaryl/α,β-unsaturated/α-hetero) is 1. The topological polar surface area (TPSA) is 82.2 Å². The summed E-state index contributed by atoms with van der Waals surface area (Å²) >= 11 is 1.32. The Morgan fingerprint density at radius 1 is 1.48 bits per heavy atom. The van der Waals surface area contributed by atoms with E-state index in [0.717, 1.165) is 30.9 Å². The highest BCUT2D eigenvalue weighted by Gasteiger charge is 2.25. The molecule has 0 unspecified atom stereocenters. The second kappa shape index (κ2) is 6.46. The van der Waals surface area contributed by atoms with Gasteiger partial charge in [0.15, 0.2) is 5.78 Å². The standard InChI is InChI=1S/C15H22N4OS/c1-9(2)13(20)14-12(17)11(8-16)15(21-14)18-10-4-6-19(3)7-5-10/h9-10,18H,4-7,17H2,1-3H3. The van der Waals surface area contributed by atoms with Crippen molar-refractivity contribution in [3.8, 4) is 6.07 Å². The zero-order valence-corrected chi connectivity index (χ0v) is 13.6. The van der Waals surface area contributed by atoms with Gasteiger partial charge < -0.3 is 16.0 Å². The minimum Gasteiger partial charge on any atom is -0.396 e. The summed E-state index contributed by atoms with van der Waals surface area (Å²) in [6, 6.07) is 2.48. The van der Waals surface area contributed by atoms with Crippen molar-refractivity contribution < 1.29 is 4.79 Å². The van der Waals surface area contributed by atoms with Crippen LogP contribution in [0.25, 0.3) is 0 Å². The highest BCUT2D eigenvalue weighted by Crippen LogP contribution is 2.37. The number of nitrogens with one attached hydrogen (secondary N) is 1. The van der Waals surface area contributed by atoms with Gasteiger partial charge in [-0.25, -0.2) is 0 Å². The summed E-state index contributed by atoms with van der Waals surface area (Å²) in [6.07, 6.45) is 2.07. The Balaban J connectivity index is 2.22. The summed E-state index contributed by atoms with van der Waals surface area (Å²) in [4.78, 5) is 15.0. The van der Waals surface area contributed by atoms with Crippen molar-refractivity contribution in [1.29, 1.82) is 5.26 Å². The van der Waals surface area contributed by atoms with Gasteiger partial charge in [-0.3, -0.25) is 4.79 Å². The Bertz CT molecular complexity index is 565. The Morgan fingerprint density at radius 3 is 2.62 bits per heavy atom. The average molecular weight is 306 g/mol. The molecule has 1 saturated heterocycles. The fourth-order valence-corrected chi connectivity index (χ4v) is 3.68. The summed E-state index contributed by atoms with van der Waals surface area (Å²) in [5.41, 5.74) is 6.75. The van der Waals surface area contributed by atoms with E-state index in [0.29, 0.717) is 22.2 Å². The predicted molar refractivity (Wildman–Crippen MR) is 86.8 cm³/mol. The van der Waals surface area contributed by atoms with E-state index in [1.54, 1.807) is 0 Å². The quantitative estimate of drug-likeness (QED) is 0.835. The van der Waals surface area contributed by atoms with Crippen LogP contribution < -0.4 is 11.1 Å². The fraction of sp³-hybridized carbons (Fsp3) is 0.600. The number of carbonyl (C=O) groups excluding carboxylic acids is 1. The summed E-state index contributed by atoms with van der Waals surface area (Å²) in [6.45, 7) is 5.77. The largest absolute Gasteiger partial charge is 0.396 e. The van der Waals surface area contributed by atoms with E-state index in [2.05, 4.69) is 23.3 Å². The number of nitrogens with zero attached hydrogens (tertiary/aromatic N) is 2. The third-order valence-electron chi connectivity index (χ3n) is 3.86. The van der Waals surface area contributed by atoms with Gasteiger partial charge in [0, 0.05) is 12.0 Å². The molecule has 0 bridgehead atoms. The number of nitriles is 1. The van der Waals surface area contributed by atoms with Gasteiger partial charge in [0.1, 0.15) is 16.6 Å². The van der Waals surface area contributed by atoms with Gasteiger partial charge in [0.05, 0.1) is 10.6 Å². The molecule has 21 heavy (non-hydrogen) atoms. The van der Waals surface area contributed by atoms with E-state index in [9.17, 15) is 10.1 Å². The molecule has 0 aliphatic carbocycles. The van der Waals surface area contributed by atoms with Gasteiger partial charge >= 0.3 is 0 Å². The van der Waals surface area contributed by atoms with Crippen LogP contribution in [0, 0.1) is 17.2 Å². The number of carbonyl (C=O) groups is 1. The molecule has 1 aromatic heterocycles. The van der Waals surface area contributed by atoms with Gasteiger partial charge in [0.25, 0.3) is 0 Å². The van der Waals surface area contributed by atoms with Gasteiger partial charge in [0.2, 0.25) is 0 Å². The molecule has 0 saturated carbocycles. The molecule has 0 atom stereocenters. The van der Waals surface area contributed by atoms with Crippen LogP contribution in [0.2, 0.25) is 0 Å². The average Bonchev–Trinajstić information content (AvgIpc) is 2.76. The molecule has 1 aromatic rings. The number of anilines is 2. The lowest BCUT2D eigenvalue weighted by molar-refractivity contribution is 0.0944. The molecule has 114 valence electrons. The SMILES string of the molecule is CC(C)C(=O)c1sc(NC2CCN(C)CC2)c(C#N)c1N. The van der Waals surface area contributed by atoms with E-state index in [1.165, 1.54) is 11.3 Å². The Hall–Kier alpha value is -1.58. The molecule has 5 nitrogen and oxygen atoms in total. The van der Waals surface area contributed by atoms with Crippen LogP contribution in [0.5, 0.6) is 0 Å². The predicted octanol–water partition coefficient (Wildman–Crippen LogP) is 2.55. The Labute approximate surface area is 129 Å². The van der Waals surface area contributed by atoms with Crippen LogP contribution in [0.1, 0.15) is 41.9 Å². The summed E-state index contributed by atoms with van der Waals surface area (Å²) < 4.78 is 0. The van der Waals surface area contributed by atoms with Crippen LogP contribution in [0.4, 0.5) is 10.7 Å². The van der Waals surface area contributed by atoms with Crippen molar-refractivity contribution in [2.75, 3.05) is 31.2 Å². The van der Waals surface area contributed by atoms with Crippen molar-refractivity contribution in [2.24, 2.45) is 5.92 Å². The number of ketones is 1. The number of piperidine rings is 1. The molecule has 0 aromatic carbocycles. The van der Waals surface area contributed by atoms with Crippen LogP contribution in [0.15, 0.2) is 0 Å². The number of thiophene rings is 1. The number of hydrogen-bond acceptors (Lipinski definition) is 6. The second-order valence-electron chi connectivity index (χ2n) is 5.90. The van der Waals surface area contributed by atoms with Crippen LogP contribution in [-0.4, -0.2) is 36.9 Å². The maximum atomic E-state index is 12.2. The van der Waals surface area contributed by atoms with Crippen LogP contribution in [-0.2, 0) is 0 Å².